The summed E-state index contributed by atoms with van der Waals surface area (Å²) in [6.07, 6.45) is -0.631. The van der Waals surface area contributed by atoms with Crippen molar-refractivity contribution in [3.8, 4) is 11.1 Å². The number of nitrogens with zero attached hydrogens (tertiary/aromatic N) is 1. The Morgan fingerprint density at radius 3 is 2.12 bits per heavy atom. The number of amides is 4. The van der Waals surface area contributed by atoms with Gasteiger partial charge in [0.1, 0.15) is 18.7 Å². The van der Waals surface area contributed by atoms with Crippen LogP contribution in [0.3, 0.4) is 0 Å². The summed E-state index contributed by atoms with van der Waals surface area (Å²) in [5.74, 6) is -1.24. The van der Waals surface area contributed by atoms with Crippen LogP contribution in [0.15, 0.2) is 102 Å². The lowest BCUT2D eigenvalue weighted by atomic mass is 9.96. The first-order chi connectivity index (χ1) is 28.5. The van der Waals surface area contributed by atoms with Crippen LogP contribution >= 0.6 is 11.3 Å². The third kappa shape index (κ3) is 11.3. The van der Waals surface area contributed by atoms with Gasteiger partial charge >= 0.3 is 6.09 Å². The Labute approximate surface area is 350 Å². The van der Waals surface area contributed by atoms with Crippen LogP contribution in [0.5, 0.6) is 0 Å². The highest BCUT2D eigenvalue weighted by Gasteiger charge is 2.33. The Balaban J connectivity index is 1.21. The monoisotopic (exact) mass is 817 g/mol. The van der Waals surface area contributed by atoms with E-state index in [9.17, 15) is 24.3 Å². The SMILES string of the molecule is CCC(C)CNC(=O)CC(O)C(CC(C)C)NC(=O)[C@H](Cc1cscn1)NC(=O)[C@H](Cc1cccc2ccccc12)NC(=O)OCC1c2ccccc2-c2ccccc21. The van der Waals surface area contributed by atoms with Crippen molar-refractivity contribution in [1.82, 2.24) is 26.3 Å². The Morgan fingerprint density at radius 2 is 1.44 bits per heavy atom. The summed E-state index contributed by atoms with van der Waals surface area (Å²) in [7, 11) is 0. The summed E-state index contributed by atoms with van der Waals surface area (Å²) < 4.78 is 5.89. The highest BCUT2D eigenvalue weighted by molar-refractivity contribution is 7.07. The van der Waals surface area contributed by atoms with Crippen LogP contribution in [-0.2, 0) is 32.0 Å². The molecule has 5 aromatic rings. The molecule has 1 aliphatic carbocycles. The fourth-order valence-electron chi connectivity index (χ4n) is 7.65. The van der Waals surface area contributed by atoms with Gasteiger partial charge in [0.25, 0.3) is 0 Å². The number of alkyl carbamates (subject to hydrolysis) is 1. The van der Waals surface area contributed by atoms with Gasteiger partial charge in [-0.15, -0.1) is 11.3 Å². The molecule has 0 saturated heterocycles. The van der Waals surface area contributed by atoms with Gasteiger partial charge in [-0.25, -0.2) is 9.78 Å². The Hall–Kier alpha value is -5.59. The normalized spacial score (nSPS) is 14.7. The van der Waals surface area contributed by atoms with Gasteiger partial charge in [-0.3, -0.25) is 14.4 Å². The molecule has 6 rings (SSSR count). The number of aromatic nitrogens is 1. The minimum absolute atomic E-state index is 0.0620. The summed E-state index contributed by atoms with van der Waals surface area (Å²) in [6, 6.07) is 26.7. The second kappa shape index (κ2) is 20.4. The van der Waals surface area contributed by atoms with Crippen LogP contribution in [0.2, 0.25) is 0 Å². The Morgan fingerprint density at radius 1 is 0.797 bits per heavy atom. The number of aliphatic hydroxyl groups excluding tert-OH is 1. The number of aliphatic hydroxyl groups is 1. The molecule has 12 heteroatoms. The van der Waals surface area contributed by atoms with Crippen molar-refractivity contribution in [2.45, 2.75) is 89.9 Å². The van der Waals surface area contributed by atoms with E-state index in [-0.39, 0.29) is 43.6 Å². The van der Waals surface area contributed by atoms with Gasteiger partial charge in [-0.1, -0.05) is 125 Å². The largest absolute Gasteiger partial charge is 0.449 e. The summed E-state index contributed by atoms with van der Waals surface area (Å²) in [4.78, 5) is 59.5. The first-order valence-electron chi connectivity index (χ1n) is 20.5. The zero-order valence-corrected chi connectivity index (χ0v) is 35.0. The molecule has 0 fully saturated rings. The first-order valence-corrected chi connectivity index (χ1v) is 21.5. The Bertz CT molecular complexity index is 2160. The van der Waals surface area contributed by atoms with Crippen LogP contribution in [0.4, 0.5) is 4.79 Å². The molecule has 0 saturated carbocycles. The minimum atomic E-state index is -1.16. The highest BCUT2D eigenvalue weighted by Crippen LogP contribution is 2.44. The predicted molar refractivity (Wildman–Crippen MR) is 232 cm³/mol. The average Bonchev–Trinajstić information content (AvgIpc) is 3.87. The maximum absolute atomic E-state index is 14.5. The van der Waals surface area contributed by atoms with E-state index in [2.05, 4.69) is 38.4 Å². The number of carbonyl (C=O) groups is 4. The van der Waals surface area contributed by atoms with E-state index in [0.717, 1.165) is 45.0 Å². The maximum Gasteiger partial charge on any atom is 0.407 e. The molecule has 0 aliphatic heterocycles. The fourth-order valence-corrected chi connectivity index (χ4v) is 8.22. The molecule has 310 valence electrons. The number of fused-ring (bicyclic) bond motifs is 4. The summed E-state index contributed by atoms with van der Waals surface area (Å²) in [6.45, 7) is 8.58. The molecule has 1 aromatic heterocycles. The van der Waals surface area contributed by atoms with Gasteiger partial charge < -0.3 is 31.1 Å². The van der Waals surface area contributed by atoms with Crippen LogP contribution in [-0.4, -0.2) is 71.3 Å². The van der Waals surface area contributed by atoms with Gasteiger partial charge in [-0.2, -0.15) is 0 Å². The van der Waals surface area contributed by atoms with Gasteiger partial charge in [0.15, 0.2) is 0 Å². The molecule has 0 spiro atoms. The second-order valence-electron chi connectivity index (χ2n) is 15.9. The topological polar surface area (TPSA) is 159 Å². The Kier molecular flexibility index (Phi) is 14.9. The molecule has 4 amide bonds. The number of hydrogen-bond acceptors (Lipinski definition) is 8. The summed E-state index contributed by atoms with van der Waals surface area (Å²) in [5, 5.41) is 26.5. The van der Waals surface area contributed by atoms with Crippen LogP contribution in [0, 0.1) is 11.8 Å². The lowest BCUT2D eigenvalue weighted by Gasteiger charge is -2.29. The number of hydrogen-bond donors (Lipinski definition) is 5. The van der Waals surface area contributed by atoms with E-state index in [1.54, 1.807) is 10.9 Å². The van der Waals surface area contributed by atoms with Gasteiger partial charge in [-0.05, 0) is 56.8 Å². The minimum Gasteiger partial charge on any atom is -0.449 e. The average molecular weight is 818 g/mol. The van der Waals surface area contributed by atoms with Gasteiger partial charge in [0, 0.05) is 30.7 Å². The van der Waals surface area contributed by atoms with Crippen molar-refractivity contribution in [2.75, 3.05) is 13.2 Å². The molecule has 5 N–H and O–H groups in total. The van der Waals surface area contributed by atoms with Crippen molar-refractivity contribution in [3.63, 3.8) is 0 Å². The van der Waals surface area contributed by atoms with Crippen LogP contribution < -0.4 is 21.3 Å². The van der Waals surface area contributed by atoms with E-state index < -0.39 is 42.1 Å². The molecule has 4 aromatic carbocycles. The van der Waals surface area contributed by atoms with Gasteiger partial charge in [0.05, 0.1) is 29.8 Å². The third-order valence-corrected chi connectivity index (χ3v) is 11.7. The number of carbonyl (C=O) groups excluding carboxylic acids is 4. The number of nitrogens with one attached hydrogen (secondary N) is 4. The lowest BCUT2D eigenvalue weighted by Crippen LogP contribution is -2.57. The molecular formula is C47H55N5O6S. The van der Waals surface area contributed by atoms with E-state index in [0.29, 0.717) is 24.6 Å². The standard InChI is InChI=1S/C47H55N5O6S/c1-5-30(4)25-48-44(54)24-43(53)40(21-29(2)3)50-46(56)42(23-33-27-59-28-49-33)51-45(55)41(22-32-15-12-14-31-13-6-7-16-34(31)32)52-47(57)58-26-39-37-19-10-8-17-35(37)36-18-9-11-20-38(36)39/h6-20,27-30,39-43,53H,5,21-26H2,1-4H3,(H,48,54)(H,50,56)(H,51,55)(H,52,57)/t30?,40?,41-,42-,43?/m0/s1. The quantitative estimate of drug-likeness (QED) is 0.0606. The zero-order chi connectivity index (χ0) is 41.9. The number of ether oxygens (including phenoxy) is 1. The summed E-state index contributed by atoms with van der Waals surface area (Å²) in [5.41, 5.74) is 7.40. The van der Waals surface area contributed by atoms with E-state index in [1.165, 1.54) is 11.3 Å². The fraction of sp³-hybridized carbons (Fsp3) is 0.383. The second-order valence-corrected chi connectivity index (χ2v) is 16.7. The van der Waals surface area contributed by atoms with E-state index in [1.807, 2.05) is 107 Å². The molecule has 0 radical (unpaired) electrons. The molecule has 5 atom stereocenters. The molecule has 0 bridgehead atoms. The lowest BCUT2D eigenvalue weighted by molar-refractivity contribution is -0.131. The highest BCUT2D eigenvalue weighted by atomic mass is 32.1. The number of thiazole rings is 1. The third-order valence-electron chi connectivity index (χ3n) is 11.0. The van der Waals surface area contributed by atoms with Crippen molar-refractivity contribution >= 4 is 45.9 Å². The van der Waals surface area contributed by atoms with Crippen molar-refractivity contribution in [2.24, 2.45) is 11.8 Å². The van der Waals surface area contributed by atoms with Crippen molar-refractivity contribution in [3.05, 3.63) is 124 Å². The van der Waals surface area contributed by atoms with Crippen LogP contribution in [0.25, 0.3) is 21.9 Å². The molecule has 11 nitrogen and oxygen atoms in total. The molecule has 1 heterocycles. The van der Waals surface area contributed by atoms with Crippen molar-refractivity contribution < 1.29 is 29.0 Å². The van der Waals surface area contributed by atoms with Gasteiger partial charge in [0.2, 0.25) is 17.7 Å². The molecule has 59 heavy (non-hydrogen) atoms. The predicted octanol–water partition coefficient (Wildman–Crippen LogP) is 6.92. The van der Waals surface area contributed by atoms with E-state index in [4.69, 9.17) is 4.74 Å². The van der Waals surface area contributed by atoms with Crippen LogP contribution in [0.1, 0.15) is 75.3 Å². The molecular weight excluding hydrogens is 763 g/mol. The van der Waals surface area contributed by atoms with Crippen molar-refractivity contribution in [1.29, 1.82) is 0 Å². The smallest absolute Gasteiger partial charge is 0.407 e. The number of rotatable bonds is 19. The van der Waals surface area contributed by atoms with E-state index >= 15 is 0 Å². The summed E-state index contributed by atoms with van der Waals surface area (Å²) >= 11 is 1.37. The number of benzene rings is 4. The molecule has 3 unspecified atom stereocenters. The first kappa shape index (κ1) is 43.0. The zero-order valence-electron chi connectivity index (χ0n) is 34.2. The maximum atomic E-state index is 14.5. The molecule has 1 aliphatic rings.